The normalized spacial score (nSPS) is 17.1. The zero-order valence-corrected chi connectivity index (χ0v) is 21.7. The smallest absolute Gasteiger partial charge is 0.303 e. The summed E-state index contributed by atoms with van der Waals surface area (Å²) in [5.41, 5.74) is 0. The molecular formula is C25H52NO4P. The summed E-state index contributed by atoms with van der Waals surface area (Å²) in [5, 5.41) is 0. The van der Waals surface area contributed by atoms with E-state index >= 15 is 0 Å². The average molecular weight is 462 g/mol. The Balaban J connectivity index is 1.87. The summed E-state index contributed by atoms with van der Waals surface area (Å²) in [7, 11) is -1.96. The molecule has 1 rings (SSSR count). The quantitative estimate of drug-likeness (QED) is 0.120. The van der Waals surface area contributed by atoms with Gasteiger partial charge in [-0.05, 0) is 38.8 Å². The standard InChI is InChI=1S/C25H52NO4P/c1-3-4-5-6-7-8-9-10-11-12-13-14-15-19-24-29-31(27,28-2)30-25-20-23-26-21-17-16-18-22-26/h3-25H2,1-2H3. The van der Waals surface area contributed by atoms with Gasteiger partial charge in [0.25, 0.3) is 0 Å². The van der Waals surface area contributed by atoms with Gasteiger partial charge in [-0.2, -0.15) is 0 Å². The second-order valence-electron chi connectivity index (χ2n) is 9.15. The van der Waals surface area contributed by atoms with Crippen LogP contribution in [0.15, 0.2) is 0 Å². The predicted octanol–water partition coefficient (Wildman–Crippen LogP) is 8.13. The Morgan fingerprint density at radius 1 is 0.645 bits per heavy atom. The lowest BCUT2D eigenvalue weighted by atomic mass is 10.0. The molecule has 0 bridgehead atoms. The minimum atomic E-state index is -3.38. The van der Waals surface area contributed by atoms with Crippen molar-refractivity contribution < 1.29 is 18.1 Å². The Labute approximate surface area is 193 Å². The maximum atomic E-state index is 12.5. The minimum Gasteiger partial charge on any atom is -0.303 e. The van der Waals surface area contributed by atoms with Crippen molar-refractivity contribution in [2.24, 2.45) is 0 Å². The number of phosphoric ester groups is 1. The van der Waals surface area contributed by atoms with Crippen LogP contribution in [0.2, 0.25) is 0 Å². The van der Waals surface area contributed by atoms with Gasteiger partial charge in [-0.3, -0.25) is 13.6 Å². The molecule has 0 amide bonds. The Kier molecular flexibility index (Phi) is 19.4. The van der Waals surface area contributed by atoms with E-state index in [1.807, 2.05) is 0 Å². The molecule has 6 heteroatoms. The fraction of sp³-hybridized carbons (Fsp3) is 1.00. The van der Waals surface area contributed by atoms with Gasteiger partial charge in [-0.25, -0.2) is 4.57 Å². The van der Waals surface area contributed by atoms with Gasteiger partial charge in [-0.15, -0.1) is 0 Å². The number of hydrogen-bond donors (Lipinski definition) is 0. The third kappa shape index (κ3) is 17.2. The van der Waals surface area contributed by atoms with Crippen molar-refractivity contribution in [3.63, 3.8) is 0 Å². The second kappa shape index (κ2) is 20.7. The molecule has 186 valence electrons. The van der Waals surface area contributed by atoms with Crippen molar-refractivity contribution in [2.45, 2.75) is 122 Å². The Bertz CT molecular complexity index is 430. The SMILES string of the molecule is CCCCCCCCCCCCCCCCOP(=O)(OC)OCCCN1CCCCC1. The first kappa shape index (κ1) is 29.1. The van der Waals surface area contributed by atoms with Crippen LogP contribution in [-0.2, 0) is 18.1 Å². The van der Waals surface area contributed by atoms with Crippen LogP contribution >= 0.6 is 7.82 Å². The molecule has 1 aliphatic heterocycles. The predicted molar refractivity (Wildman–Crippen MR) is 132 cm³/mol. The maximum absolute atomic E-state index is 12.5. The molecule has 1 fully saturated rings. The fourth-order valence-electron chi connectivity index (χ4n) is 4.26. The zero-order chi connectivity index (χ0) is 22.5. The summed E-state index contributed by atoms with van der Waals surface area (Å²) in [4.78, 5) is 2.46. The molecule has 1 unspecified atom stereocenters. The van der Waals surface area contributed by atoms with Crippen LogP contribution in [0.5, 0.6) is 0 Å². The fourth-order valence-corrected chi connectivity index (χ4v) is 5.25. The van der Waals surface area contributed by atoms with Crippen LogP contribution in [0, 0.1) is 0 Å². The number of piperidine rings is 1. The lowest BCUT2D eigenvalue weighted by molar-refractivity contribution is 0.121. The van der Waals surface area contributed by atoms with E-state index in [1.165, 1.54) is 117 Å². The van der Waals surface area contributed by atoms with Crippen LogP contribution in [-0.4, -0.2) is 44.9 Å². The average Bonchev–Trinajstić information content (AvgIpc) is 2.80. The number of nitrogens with zero attached hydrogens (tertiary/aromatic N) is 1. The van der Waals surface area contributed by atoms with Crippen molar-refractivity contribution in [3.8, 4) is 0 Å². The van der Waals surface area contributed by atoms with Gasteiger partial charge in [-0.1, -0.05) is 96.8 Å². The molecule has 0 saturated carbocycles. The molecule has 0 spiro atoms. The van der Waals surface area contributed by atoms with Gasteiger partial charge in [0.05, 0.1) is 13.2 Å². The van der Waals surface area contributed by atoms with Crippen LogP contribution < -0.4 is 0 Å². The van der Waals surface area contributed by atoms with E-state index in [0.29, 0.717) is 13.2 Å². The number of unbranched alkanes of at least 4 members (excludes halogenated alkanes) is 13. The molecule has 0 N–H and O–H groups in total. The first-order valence-corrected chi connectivity index (χ1v) is 14.8. The van der Waals surface area contributed by atoms with Crippen molar-refractivity contribution in [3.05, 3.63) is 0 Å². The zero-order valence-electron chi connectivity index (χ0n) is 20.8. The Hall–Kier alpha value is 0.0700. The van der Waals surface area contributed by atoms with E-state index in [2.05, 4.69) is 11.8 Å². The molecule has 1 aliphatic rings. The van der Waals surface area contributed by atoms with Crippen molar-refractivity contribution in [1.82, 2.24) is 4.90 Å². The monoisotopic (exact) mass is 461 g/mol. The van der Waals surface area contributed by atoms with Gasteiger partial charge in [0.1, 0.15) is 0 Å². The molecule has 1 atom stereocenters. The molecular weight excluding hydrogens is 409 g/mol. The van der Waals surface area contributed by atoms with Crippen molar-refractivity contribution >= 4 is 7.82 Å². The summed E-state index contributed by atoms with van der Waals surface area (Å²) in [5.74, 6) is 0. The van der Waals surface area contributed by atoms with Gasteiger partial charge in [0.15, 0.2) is 0 Å². The Morgan fingerprint density at radius 3 is 1.58 bits per heavy atom. The van der Waals surface area contributed by atoms with Crippen LogP contribution in [0.4, 0.5) is 0 Å². The molecule has 0 aromatic heterocycles. The highest BCUT2D eigenvalue weighted by atomic mass is 31.2. The van der Waals surface area contributed by atoms with E-state index in [4.69, 9.17) is 13.6 Å². The summed E-state index contributed by atoms with van der Waals surface area (Å²) in [6, 6.07) is 0. The van der Waals surface area contributed by atoms with E-state index < -0.39 is 7.82 Å². The van der Waals surface area contributed by atoms with Gasteiger partial charge >= 0.3 is 7.82 Å². The van der Waals surface area contributed by atoms with E-state index in [9.17, 15) is 4.57 Å². The van der Waals surface area contributed by atoms with Crippen molar-refractivity contribution in [1.29, 1.82) is 0 Å². The number of rotatable bonds is 22. The van der Waals surface area contributed by atoms with Crippen LogP contribution in [0.3, 0.4) is 0 Å². The summed E-state index contributed by atoms with van der Waals surface area (Å²) in [6.07, 6.45) is 23.3. The van der Waals surface area contributed by atoms with Crippen LogP contribution in [0.25, 0.3) is 0 Å². The maximum Gasteiger partial charge on any atom is 0.474 e. The molecule has 31 heavy (non-hydrogen) atoms. The first-order valence-electron chi connectivity index (χ1n) is 13.4. The third-order valence-electron chi connectivity index (χ3n) is 6.29. The molecule has 5 nitrogen and oxygen atoms in total. The number of phosphoric acid groups is 1. The highest BCUT2D eigenvalue weighted by Gasteiger charge is 2.24. The molecule has 0 aliphatic carbocycles. The van der Waals surface area contributed by atoms with Gasteiger partial charge < -0.3 is 4.90 Å². The van der Waals surface area contributed by atoms with Crippen LogP contribution in [0.1, 0.15) is 122 Å². The molecule has 1 heterocycles. The summed E-state index contributed by atoms with van der Waals surface area (Å²) >= 11 is 0. The molecule has 1 saturated heterocycles. The largest absolute Gasteiger partial charge is 0.474 e. The van der Waals surface area contributed by atoms with E-state index in [0.717, 1.165) is 25.8 Å². The highest BCUT2D eigenvalue weighted by Crippen LogP contribution is 2.48. The second-order valence-corrected chi connectivity index (χ2v) is 10.9. The first-order chi connectivity index (χ1) is 15.2. The van der Waals surface area contributed by atoms with Gasteiger partial charge in [0, 0.05) is 13.7 Å². The summed E-state index contributed by atoms with van der Waals surface area (Å²) < 4.78 is 28.5. The lowest BCUT2D eigenvalue weighted by Gasteiger charge is -2.26. The molecule has 0 aromatic rings. The topological polar surface area (TPSA) is 48.0 Å². The highest BCUT2D eigenvalue weighted by molar-refractivity contribution is 7.48. The molecule has 0 radical (unpaired) electrons. The Morgan fingerprint density at radius 2 is 1.10 bits per heavy atom. The van der Waals surface area contributed by atoms with E-state index in [1.54, 1.807) is 0 Å². The van der Waals surface area contributed by atoms with Crippen molar-refractivity contribution in [2.75, 3.05) is 40.0 Å². The lowest BCUT2D eigenvalue weighted by Crippen LogP contribution is -2.31. The summed E-state index contributed by atoms with van der Waals surface area (Å²) in [6.45, 7) is 6.52. The minimum absolute atomic E-state index is 0.431. The number of likely N-dealkylation sites (tertiary alicyclic amines) is 1. The van der Waals surface area contributed by atoms with Gasteiger partial charge in [0.2, 0.25) is 0 Å². The van der Waals surface area contributed by atoms with E-state index in [-0.39, 0.29) is 0 Å². The molecule has 0 aromatic carbocycles. The third-order valence-corrected chi connectivity index (χ3v) is 7.73. The number of hydrogen-bond acceptors (Lipinski definition) is 5.